The second kappa shape index (κ2) is 11.3. The minimum absolute atomic E-state index is 0.0967. The average molecular weight is 464 g/mol. The molecule has 0 bridgehead atoms. The molecule has 0 unspecified atom stereocenters. The zero-order valence-corrected chi connectivity index (χ0v) is 20.0. The van der Waals surface area contributed by atoms with Crippen molar-refractivity contribution in [3.63, 3.8) is 0 Å². The summed E-state index contributed by atoms with van der Waals surface area (Å²) in [4.78, 5) is 13.6. The van der Waals surface area contributed by atoms with E-state index in [1.165, 1.54) is 19.3 Å². The molecule has 1 fully saturated rings. The third kappa shape index (κ3) is 5.45. The van der Waals surface area contributed by atoms with Gasteiger partial charge in [-0.15, -0.1) is 0 Å². The Hall–Kier alpha value is -3.25. The molecule has 6 heteroatoms. The normalized spacial score (nSPS) is 14.2. The first-order chi connectivity index (χ1) is 16.6. The second-order valence-corrected chi connectivity index (χ2v) is 8.67. The SMILES string of the molecule is COc1cc(OCCN2CCCCC2)cc(OC)c1-c1cccc2c(CCC(=O)O)cccc12. The maximum Gasteiger partial charge on any atom is 0.303 e. The highest BCUT2D eigenvalue weighted by Crippen LogP contribution is 2.44. The number of carbonyl (C=O) groups is 1. The molecular formula is C28H33NO5. The first-order valence-corrected chi connectivity index (χ1v) is 11.9. The molecule has 3 aromatic rings. The number of aryl methyl sites for hydroxylation is 1. The minimum Gasteiger partial charge on any atom is -0.496 e. The van der Waals surface area contributed by atoms with Gasteiger partial charge < -0.3 is 19.3 Å². The van der Waals surface area contributed by atoms with E-state index in [9.17, 15) is 4.79 Å². The van der Waals surface area contributed by atoms with Gasteiger partial charge in [0.05, 0.1) is 19.8 Å². The topological polar surface area (TPSA) is 68.2 Å². The summed E-state index contributed by atoms with van der Waals surface area (Å²) >= 11 is 0. The van der Waals surface area contributed by atoms with Gasteiger partial charge in [-0.2, -0.15) is 0 Å². The van der Waals surface area contributed by atoms with E-state index < -0.39 is 5.97 Å². The van der Waals surface area contributed by atoms with Crippen LogP contribution >= 0.6 is 0 Å². The lowest BCUT2D eigenvalue weighted by molar-refractivity contribution is -0.136. The number of fused-ring (bicyclic) bond motifs is 1. The number of carboxylic acids is 1. The van der Waals surface area contributed by atoms with Gasteiger partial charge in [0, 0.05) is 25.1 Å². The van der Waals surface area contributed by atoms with Crippen molar-refractivity contribution in [1.29, 1.82) is 0 Å². The Bertz CT molecular complexity index is 1110. The van der Waals surface area contributed by atoms with E-state index in [1.54, 1.807) is 14.2 Å². The predicted octanol–water partition coefficient (Wildman–Crippen LogP) is 5.41. The molecule has 4 rings (SSSR count). The van der Waals surface area contributed by atoms with Gasteiger partial charge in [-0.1, -0.05) is 42.8 Å². The fourth-order valence-corrected chi connectivity index (χ4v) is 4.76. The molecule has 1 aliphatic heterocycles. The van der Waals surface area contributed by atoms with Crippen LogP contribution in [-0.2, 0) is 11.2 Å². The summed E-state index contributed by atoms with van der Waals surface area (Å²) in [5, 5.41) is 11.2. The lowest BCUT2D eigenvalue weighted by Gasteiger charge is -2.26. The van der Waals surface area contributed by atoms with E-state index in [0.29, 0.717) is 24.5 Å². The highest BCUT2D eigenvalue weighted by atomic mass is 16.5. The molecule has 180 valence electrons. The molecule has 1 heterocycles. The van der Waals surface area contributed by atoms with Gasteiger partial charge in [0.2, 0.25) is 0 Å². The van der Waals surface area contributed by atoms with Crippen molar-refractivity contribution in [1.82, 2.24) is 4.90 Å². The van der Waals surface area contributed by atoms with Gasteiger partial charge in [-0.25, -0.2) is 0 Å². The quantitative estimate of drug-likeness (QED) is 0.434. The molecule has 1 aliphatic rings. The Kier molecular flexibility index (Phi) is 7.91. The number of benzene rings is 3. The summed E-state index contributed by atoms with van der Waals surface area (Å²) in [6.45, 7) is 3.82. The molecule has 34 heavy (non-hydrogen) atoms. The fourth-order valence-electron chi connectivity index (χ4n) is 4.76. The third-order valence-electron chi connectivity index (χ3n) is 6.49. The largest absolute Gasteiger partial charge is 0.496 e. The van der Waals surface area contributed by atoms with E-state index in [-0.39, 0.29) is 6.42 Å². The van der Waals surface area contributed by atoms with Crippen molar-refractivity contribution in [3.05, 3.63) is 54.1 Å². The number of hydrogen-bond donors (Lipinski definition) is 1. The van der Waals surface area contributed by atoms with Crippen molar-refractivity contribution in [2.75, 3.05) is 40.5 Å². The summed E-state index contributed by atoms with van der Waals surface area (Å²) in [6, 6.07) is 15.9. The highest BCUT2D eigenvalue weighted by Gasteiger charge is 2.19. The zero-order chi connectivity index (χ0) is 23.9. The molecule has 0 spiro atoms. The number of nitrogens with zero attached hydrogens (tertiary/aromatic N) is 1. The Balaban J connectivity index is 1.65. The standard InChI is InChI=1S/C28H33NO5/c1-32-25-18-21(34-17-16-29-14-4-3-5-15-29)19-26(33-2)28(25)24-11-7-9-22-20(12-13-27(30)31)8-6-10-23(22)24/h6-11,18-19H,3-5,12-17H2,1-2H3,(H,30,31). The number of ether oxygens (including phenoxy) is 3. The molecule has 0 aromatic heterocycles. The molecule has 1 N–H and O–H groups in total. The highest BCUT2D eigenvalue weighted by molar-refractivity contribution is 6.01. The number of carboxylic acid groups (broad SMARTS) is 1. The van der Waals surface area contributed by atoms with Gasteiger partial charge in [0.25, 0.3) is 0 Å². The number of methoxy groups -OCH3 is 2. The molecule has 1 saturated heterocycles. The average Bonchev–Trinajstić information content (AvgIpc) is 2.87. The van der Waals surface area contributed by atoms with Crippen LogP contribution in [0.3, 0.4) is 0 Å². The molecule has 6 nitrogen and oxygen atoms in total. The van der Waals surface area contributed by atoms with E-state index in [1.807, 2.05) is 42.5 Å². The van der Waals surface area contributed by atoms with Crippen molar-refractivity contribution in [2.45, 2.75) is 32.1 Å². The number of rotatable bonds is 10. The number of aliphatic carboxylic acids is 1. The van der Waals surface area contributed by atoms with E-state index in [0.717, 1.165) is 52.8 Å². The van der Waals surface area contributed by atoms with Crippen molar-refractivity contribution in [2.24, 2.45) is 0 Å². The van der Waals surface area contributed by atoms with E-state index in [2.05, 4.69) is 11.0 Å². The van der Waals surface area contributed by atoms with Crippen LogP contribution in [0.1, 0.15) is 31.2 Å². The molecular weight excluding hydrogens is 430 g/mol. The predicted molar refractivity (Wildman–Crippen MR) is 134 cm³/mol. The summed E-state index contributed by atoms with van der Waals surface area (Å²) in [5.74, 6) is 1.27. The zero-order valence-electron chi connectivity index (χ0n) is 20.0. The summed E-state index contributed by atoms with van der Waals surface area (Å²) < 4.78 is 17.7. The Labute approximate surface area is 201 Å². The summed E-state index contributed by atoms with van der Waals surface area (Å²) in [6.07, 6.45) is 4.43. The lowest BCUT2D eigenvalue weighted by atomic mass is 9.93. The minimum atomic E-state index is -0.799. The van der Waals surface area contributed by atoms with Crippen molar-refractivity contribution >= 4 is 16.7 Å². The van der Waals surface area contributed by atoms with E-state index >= 15 is 0 Å². The van der Waals surface area contributed by atoms with Gasteiger partial charge in [0.1, 0.15) is 23.9 Å². The monoisotopic (exact) mass is 463 g/mol. The first-order valence-electron chi connectivity index (χ1n) is 11.9. The van der Waals surface area contributed by atoms with Gasteiger partial charge >= 0.3 is 5.97 Å². The van der Waals surface area contributed by atoms with Crippen LogP contribution in [0, 0.1) is 0 Å². The maximum atomic E-state index is 11.1. The Morgan fingerprint density at radius 1 is 0.941 bits per heavy atom. The molecule has 3 aromatic carbocycles. The van der Waals surface area contributed by atoms with Crippen LogP contribution in [0.15, 0.2) is 48.5 Å². The van der Waals surface area contributed by atoms with Crippen molar-refractivity contribution in [3.8, 4) is 28.4 Å². The summed E-state index contributed by atoms with van der Waals surface area (Å²) in [7, 11) is 3.30. The van der Waals surface area contributed by atoms with Gasteiger partial charge in [0.15, 0.2) is 0 Å². The molecule has 0 atom stereocenters. The number of likely N-dealkylation sites (tertiary alicyclic amines) is 1. The Morgan fingerprint density at radius 2 is 1.62 bits per heavy atom. The smallest absolute Gasteiger partial charge is 0.303 e. The first kappa shape index (κ1) is 23.9. The lowest BCUT2D eigenvalue weighted by Crippen LogP contribution is -2.33. The molecule has 0 amide bonds. The fraction of sp³-hybridized carbons (Fsp3) is 0.393. The second-order valence-electron chi connectivity index (χ2n) is 8.67. The molecule has 0 saturated carbocycles. The Morgan fingerprint density at radius 3 is 2.29 bits per heavy atom. The van der Waals surface area contributed by atoms with Crippen molar-refractivity contribution < 1.29 is 24.1 Å². The maximum absolute atomic E-state index is 11.1. The van der Waals surface area contributed by atoms with Crippen LogP contribution in [0.2, 0.25) is 0 Å². The van der Waals surface area contributed by atoms with Crippen LogP contribution in [0.5, 0.6) is 17.2 Å². The van der Waals surface area contributed by atoms with Crippen LogP contribution < -0.4 is 14.2 Å². The third-order valence-corrected chi connectivity index (χ3v) is 6.49. The molecule has 0 aliphatic carbocycles. The summed E-state index contributed by atoms with van der Waals surface area (Å²) in [5.41, 5.74) is 2.84. The molecule has 0 radical (unpaired) electrons. The van der Waals surface area contributed by atoms with E-state index in [4.69, 9.17) is 19.3 Å². The number of hydrogen-bond acceptors (Lipinski definition) is 5. The van der Waals surface area contributed by atoms with Crippen LogP contribution in [-0.4, -0.2) is 56.4 Å². The van der Waals surface area contributed by atoms with Crippen LogP contribution in [0.4, 0.5) is 0 Å². The van der Waals surface area contributed by atoms with Gasteiger partial charge in [-0.05, 0) is 54.3 Å². The number of piperidine rings is 1. The van der Waals surface area contributed by atoms with Gasteiger partial charge in [-0.3, -0.25) is 9.69 Å². The van der Waals surface area contributed by atoms with Crippen LogP contribution in [0.25, 0.3) is 21.9 Å².